The molecule has 10 heteroatoms. The molecule has 0 saturated carbocycles. The fraction of sp³-hybridized carbons (Fsp3) is 0.278. The van der Waals surface area contributed by atoms with Crippen LogP contribution in [0.25, 0.3) is 10.8 Å². The SMILES string of the molecule is C[C@H](c1nnc(-c2cccs2)o1)[NH+](C)CC(=O)Nc1ccccc1C(F)(F)F. The van der Waals surface area contributed by atoms with E-state index in [1.807, 2.05) is 17.5 Å². The molecular weight excluding hydrogens is 393 g/mol. The molecule has 148 valence electrons. The number of carbonyl (C=O) groups excluding carboxylic acids is 1. The van der Waals surface area contributed by atoms with Crippen molar-refractivity contribution < 1.29 is 27.3 Å². The Morgan fingerprint density at radius 3 is 2.68 bits per heavy atom. The van der Waals surface area contributed by atoms with Crippen LogP contribution in [-0.4, -0.2) is 29.7 Å². The minimum absolute atomic E-state index is 0.0654. The summed E-state index contributed by atoms with van der Waals surface area (Å²) >= 11 is 1.47. The third kappa shape index (κ3) is 4.57. The summed E-state index contributed by atoms with van der Waals surface area (Å²) in [6.07, 6.45) is -4.54. The Morgan fingerprint density at radius 1 is 1.25 bits per heavy atom. The van der Waals surface area contributed by atoms with Crippen LogP contribution in [0.15, 0.2) is 46.2 Å². The highest BCUT2D eigenvalue weighted by molar-refractivity contribution is 7.13. The van der Waals surface area contributed by atoms with Gasteiger partial charge in [-0.1, -0.05) is 18.2 Å². The summed E-state index contributed by atoms with van der Waals surface area (Å²) in [5.41, 5.74) is -1.15. The predicted octanol–water partition coefficient (Wildman–Crippen LogP) is 3.03. The summed E-state index contributed by atoms with van der Waals surface area (Å²) in [4.78, 5) is 13.8. The summed E-state index contributed by atoms with van der Waals surface area (Å²) in [6, 6.07) is 8.28. The lowest BCUT2D eigenvalue weighted by molar-refractivity contribution is -0.903. The van der Waals surface area contributed by atoms with Gasteiger partial charge in [-0.05, 0) is 30.5 Å². The Bertz CT molecular complexity index is 940. The van der Waals surface area contributed by atoms with Crippen molar-refractivity contribution >= 4 is 22.9 Å². The zero-order valence-electron chi connectivity index (χ0n) is 15.1. The third-order valence-corrected chi connectivity index (χ3v) is 5.09. The Hall–Kier alpha value is -2.72. The number of aromatic nitrogens is 2. The quantitative estimate of drug-likeness (QED) is 0.654. The van der Waals surface area contributed by atoms with Gasteiger partial charge in [-0.15, -0.1) is 21.5 Å². The van der Waals surface area contributed by atoms with Gasteiger partial charge in [0.15, 0.2) is 12.6 Å². The van der Waals surface area contributed by atoms with Crippen LogP contribution in [0.5, 0.6) is 0 Å². The molecule has 2 aromatic heterocycles. The first-order valence-corrected chi connectivity index (χ1v) is 9.29. The molecular formula is C18H18F3N4O2S+. The van der Waals surface area contributed by atoms with E-state index in [0.29, 0.717) is 16.7 Å². The first-order valence-electron chi connectivity index (χ1n) is 8.41. The van der Waals surface area contributed by atoms with Crippen molar-refractivity contribution in [3.8, 4) is 10.8 Å². The van der Waals surface area contributed by atoms with Crippen LogP contribution < -0.4 is 10.2 Å². The number of rotatable bonds is 6. The molecule has 0 fully saturated rings. The van der Waals surface area contributed by atoms with E-state index in [1.165, 1.54) is 29.5 Å². The number of para-hydroxylation sites is 1. The van der Waals surface area contributed by atoms with E-state index in [4.69, 9.17) is 4.42 Å². The van der Waals surface area contributed by atoms with E-state index >= 15 is 0 Å². The van der Waals surface area contributed by atoms with Crippen molar-refractivity contribution in [1.29, 1.82) is 0 Å². The summed E-state index contributed by atoms with van der Waals surface area (Å²) in [7, 11) is 1.73. The molecule has 1 amide bonds. The molecule has 0 aliphatic heterocycles. The van der Waals surface area contributed by atoms with Gasteiger partial charge in [-0.2, -0.15) is 13.2 Å². The number of quaternary nitrogens is 1. The van der Waals surface area contributed by atoms with Gasteiger partial charge in [-0.3, -0.25) is 4.79 Å². The highest BCUT2D eigenvalue weighted by Crippen LogP contribution is 2.34. The number of likely N-dealkylation sites (N-methyl/N-ethyl adjacent to an activating group) is 1. The topological polar surface area (TPSA) is 72.5 Å². The predicted molar refractivity (Wildman–Crippen MR) is 97.9 cm³/mol. The zero-order chi connectivity index (χ0) is 20.3. The number of carbonyl (C=O) groups is 1. The van der Waals surface area contributed by atoms with E-state index in [0.717, 1.165) is 10.9 Å². The van der Waals surface area contributed by atoms with Crippen molar-refractivity contribution in [3.05, 3.63) is 53.2 Å². The number of nitrogens with one attached hydrogen (secondary N) is 2. The van der Waals surface area contributed by atoms with Crippen LogP contribution in [0.4, 0.5) is 18.9 Å². The monoisotopic (exact) mass is 411 g/mol. The van der Waals surface area contributed by atoms with E-state index < -0.39 is 17.6 Å². The van der Waals surface area contributed by atoms with Crippen molar-refractivity contribution in [1.82, 2.24) is 10.2 Å². The average Bonchev–Trinajstić information content (AvgIpc) is 3.32. The fourth-order valence-corrected chi connectivity index (χ4v) is 3.20. The molecule has 1 unspecified atom stereocenters. The first kappa shape index (κ1) is 20.0. The number of amides is 1. The van der Waals surface area contributed by atoms with Crippen LogP contribution in [0.1, 0.15) is 24.4 Å². The lowest BCUT2D eigenvalue weighted by Gasteiger charge is -2.19. The minimum Gasteiger partial charge on any atom is -0.414 e. The summed E-state index contributed by atoms with van der Waals surface area (Å²) in [6.45, 7) is 1.74. The van der Waals surface area contributed by atoms with Crippen molar-refractivity contribution in [2.24, 2.45) is 0 Å². The van der Waals surface area contributed by atoms with Crippen LogP contribution in [0, 0.1) is 0 Å². The van der Waals surface area contributed by atoms with Crippen LogP contribution >= 0.6 is 11.3 Å². The van der Waals surface area contributed by atoms with E-state index in [9.17, 15) is 18.0 Å². The van der Waals surface area contributed by atoms with Gasteiger partial charge in [0, 0.05) is 0 Å². The van der Waals surface area contributed by atoms with E-state index in [1.54, 1.807) is 14.0 Å². The molecule has 3 rings (SSSR count). The lowest BCUT2D eigenvalue weighted by Crippen LogP contribution is -3.10. The zero-order valence-corrected chi connectivity index (χ0v) is 15.9. The Labute approximate surface area is 163 Å². The number of hydrogen-bond donors (Lipinski definition) is 2. The molecule has 2 heterocycles. The van der Waals surface area contributed by atoms with Crippen LogP contribution in [0.3, 0.4) is 0 Å². The number of benzene rings is 1. The van der Waals surface area contributed by atoms with Gasteiger partial charge in [0.2, 0.25) is 0 Å². The summed E-state index contributed by atoms with van der Waals surface area (Å²) in [5.74, 6) is 0.205. The Kier molecular flexibility index (Phi) is 5.80. The second kappa shape index (κ2) is 8.11. The second-order valence-electron chi connectivity index (χ2n) is 6.26. The smallest absolute Gasteiger partial charge is 0.414 e. The molecule has 0 spiro atoms. The average molecular weight is 411 g/mol. The molecule has 0 aliphatic carbocycles. The maximum Gasteiger partial charge on any atom is 0.418 e. The number of anilines is 1. The van der Waals surface area contributed by atoms with Crippen molar-refractivity contribution in [2.45, 2.75) is 19.1 Å². The molecule has 0 aliphatic rings. The Morgan fingerprint density at radius 2 is 2.00 bits per heavy atom. The summed E-state index contributed by atoms with van der Waals surface area (Å²) < 4.78 is 44.8. The van der Waals surface area contributed by atoms with Crippen LogP contribution in [-0.2, 0) is 11.0 Å². The molecule has 1 aromatic carbocycles. The normalized spacial score (nSPS) is 13.9. The van der Waals surface area contributed by atoms with Gasteiger partial charge in [-0.25, -0.2) is 0 Å². The molecule has 0 radical (unpaired) electrons. The van der Waals surface area contributed by atoms with Gasteiger partial charge in [0.25, 0.3) is 17.7 Å². The molecule has 0 bridgehead atoms. The Balaban J connectivity index is 1.65. The fourth-order valence-electron chi connectivity index (χ4n) is 2.56. The molecule has 2 atom stereocenters. The van der Waals surface area contributed by atoms with Crippen molar-refractivity contribution in [2.75, 3.05) is 18.9 Å². The number of nitrogens with zero attached hydrogens (tertiary/aromatic N) is 2. The van der Waals surface area contributed by atoms with Gasteiger partial charge in [0.05, 0.1) is 23.2 Å². The number of halogens is 3. The summed E-state index contributed by atoms with van der Waals surface area (Å²) in [5, 5.41) is 12.3. The highest BCUT2D eigenvalue weighted by atomic mass is 32.1. The molecule has 3 aromatic rings. The van der Waals surface area contributed by atoms with Gasteiger partial charge in [0.1, 0.15) is 0 Å². The third-order valence-electron chi connectivity index (χ3n) is 4.23. The largest absolute Gasteiger partial charge is 0.418 e. The molecule has 28 heavy (non-hydrogen) atoms. The number of thiophene rings is 1. The van der Waals surface area contributed by atoms with E-state index in [2.05, 4.69) is 15.5 Å². The standard InChI is InChI=1S/C18H17F3N4O2S/c1-11(16-23-24-17(27-16)14-8-5-9-28-14)25(2)10-15(26)22-13-7-4-3-6-12(13)18(19,20)21/h3-9,11H,10H2,1-2H3,(H,22,26)/p+1/t11-/m1/s1. The molecule has 2 N–H and O–H groups in total. The maximum absolute atomic E-state index is 13.0. The lowest BCUT2D eigenvalue weighted by atomic mass is 10.1. The van der Waals surface area contributed by atoms with E-state index in [-0.39, 0.29) is 18.3 Å². The minimum atomic E-state index is -4.54. The van der Waals surface area contributed by atoms with Gasteiger partial charge >= 0.3 is 6.18 Å². The second-order valence-corrected chi connectivity index (χ2v) is 7.21. The van der Waals surface area contributed by atoms with Gasteiger partial charge < -0.3 is 14.6 Å². The first-order chi connectivity index (χ1) is 13.3. The molecule has 0 saturated heterocycles. The van der Waals surface area contributed by atoms with Crippen molar-refractivity contribution in [3.63, 3.8) is 0 Å². The van der Waals surface area contributed by atoms with Crippen LogP contribution in [0.2, 0.25) is 0 Å². The number of alkyl halides is 3. The maximum atomic E-state index is 13.0. The number of hydrogen-bond acceptors (Lipinski definition) is 5. The molecule has 6 nitrogen and oxygen atoms in total. The highest BCUT2D eigenvalue weighted by Gasteiger charge is 2.34.